The second-order valence-electron chi connectivity index (χ2n) is 4.19. The van der Waals surface area contributed by atoms with Gasteiger partial charge in [0, 0.05) is 18.5 Å². The van der Waals surface area contributed by atoms with E-state index in [-0.39, 0.29) is 12.0 Å². The van der Waals surface area contributed by atoms with Crippen LogP contribution in [0, 0.1) is 0 Å². The van der Waals surface area contributed by atoms with Crippen molar-refractivity contribution in [2.24, 2.45) is 5.73 Å². The van der Waals surface area contributed by atoms with Gasteiger partial charge in [-0.2, -0.15) is 0 Å². The van der Waals surface area contributed by atoms with Crippen molar-refractivity contribution in [1.82, 2.24) is 5.32 Å². The molecular weight excluding hydrogens is 204 g/mol. The molecule has 2 atom stereocenters. The molecule has 4 heteroatoms. The number of piperidine rings is 1. The average molecular weight is 220 g/mol. The highest BCUT2D eigenvalue weighted by Crippen LogP contribution is 2.23. The van der Waals surface area contributed by atoms with Crippen molar-refractivity contribution in [2.45, 2.75) is 18.4 Å². The Morgan fingerprint density at radius 3 is 3.00 bits per heavy atom. The fourth-order valence-electron chi connectivity index (χ4n) is 2.15. The minimum absolute atomic E-state index is 0.116. The van der Waals surface area contributed by atoms with Crippen LogP contribution >= 0.6 is 0 Å². The molecule has 0 saturated carbocycles. The Labute approximate surface area is 94.5 Å². The first kappa shape index (κ1) is 11.1. The first-order valence-corrected chi connectivity index (χ1v) is 5.48. The van der Waals surface area contributed by atoms with E-state index in [2.05, 4.69) is 5.32 Å². The van der Waals surface area contributed by atoms with Gasteiger partial charge in [-0.25, -0.2) is 4.79 Å². The van der Waals surface area contributed by atoms with Crippen molar-refractivity contribution in [2.75, 3.05) is 13.1 Å². The number of nitrogens with one attached hydrogen (secondary N) is 1. The third-order valence-corrected chi connectivity index (χ3v) is 3.10. The Balaban J connectivity index is 2.25. The van der Waals surface area contributed by atoms with E-state index in [1.165, 1.54) is 0 Å². The number of hydrogen-bond donors (Lipinski definition) is 3. The quantitative estimate of drug-likeness (QED) is 0.688. The molecule has 0 radical (unpaired) electrons. The zero-order chi connectivity index (χ0) is 11.5. The van der Waals surface area contributed by atoms with Crippen LogP contribution in [0.15, 0.2) is 24.3 Å². The van der Waals surface area contributed by atoms with Gasteiger partial charge in [0.2, 0.25) is 0 Å². The summed E-state index contributed by atoms with van der Waals surface area (Å²) in [6.45, 7) is 1.76. The molecule has 1 fully saturated rings. The van der Waals surface area contributed by atoms with Crippen LogP contribution in [0.5, 0.6) is 0 Å². The van der Waals surface area contributed by atoms with Crippen molar-refractivity contribution in [1.29, 1.82) is 0 Å². The molecule has 1 aromatic rings. The van der Waals surface area contributed by atoms with Gasteiger partial charge < -0.3 is 16.2 Å². The van der Waals surface area contributed by atoms with Crippen LogP contribution in [0.3, 0.4) is 0 Å². The summed E-state index contributed by atoms with van der Waals surface area (Å²) in [4.78, 5) is 10.9. The number of hydrogen-bond acceptors (Lipinski definition) is 3. The van der Waals surface area contributed by atoms with Gasteiger partial charge in [0.1, 0.15) is 0 Å². The molecule has 16 heavy (non-hydrogen) atoms. The molecule has 1 heterocycles. The van der Waals surface area contributed by atoms with Crippen molar-refractivity contribution in [3.8, 4) is 0 Å². The van der Waals surface area contributed by atoms with Crippen LogP contribution < -0.4 is 11.1 Å². The molecule has 0 bridgehead atoms. The summed E-state index contributed by atoms with van der Waals surface area (Å²) in [5, 5.41) is 12.2. The smallest absolute Gasteiger partial charge is 0.335 e. The first-order valence-electron chi connectivity index (χ1n) is 5.48. The van der Waals surface area contributed by atoms with Gasteiger partial charge in [-0.05, 0) is 30.7 Å². The average Bonchev–Trinajstić information content (AvgIpc) is 2.30. The molecule has 1 saturated heterocycles. The van der Waals surface area contributed by atoms with E-state index in [0.717, 1.165) is 25.1 Å². The monoisotopic (exact) mass is 220 g/mol. The molecule has 4 N–H and O–H groups in total. The topological polar surface area (TPSA) is 75.3 Å². The van der Waals surface area contributed by atoms with Gasteiger partial charge in [0.05, 0.1) is 5.56 Å². The third kappa shape index (κ3) is 2.23. The number of carboxylic acids is 1. The fraction of sp³-hybridized carbons (Fsp3) is 0.417. The summed E-state index contributed by atoms with van der Waals surface area (Å²) in [6.07, 6.45) is 0.933. The fourth-order valence-corrected chi connectivity index (χ4v) is 2.15. The second-order valence-corrected chi connectivity index (χ2v) is 4.19. The summed E-state index contributed by atoms with van der Waals surface area (Å²) < 4.78 is 0. The molecule has 0 amide bonds. The minimum Gasteiger partial charge on any atom is -0.478 e. The molecule has 4 nitrogen and oxygen atoms in total. The van der Waals surface area contributed by atoms with Crippen LogP contribution in [-0.2, 0) is 0 Å². The van der Waals surface area contributed by atoms with E-state index in [1.807, 2.05) is 6.07 Å². The minimum atomic E-state index is -0.890. The third-order valence-electron chi connectivity index (χ3n) is 3.10. The van der Waals surface area contributed by atoms with E-state index >= 15 is 0 Å². The molecule has 2 rings (SSSR count). The Hall–Kier alpha value is -1.39. The van der Waals surface area contributed by atoms with Gasteiger partial charge in [0.25, 0.3) is 0 Å². The molecule has 2 unspecified atom stereocenters. The normalized spacial score (nSPS) is 25.3. The van der Waals surface area contributed by atoms with Crippen LogP contribution in [0.4, 0.5) is 0 Å². The summed E-state index contributed by atoms with van der Waals surface area (Å²) in [6, 6.07) is 7.17. The molecule has 1 aromatic carbocycles. The van der Waals surface area contributed by atoms with Gasteiger partial charge in [-0.1, -0.05) is 12.1 Å². The zero-order valence-electron chi connectivity index (χ0n) is 9.02. The summed E-state index contributed by atoms with van der Waals surface area (Å²) in [5.41, 5.74) is 7.39. The van der Waals surface area contributed by atoms with Crippen molar-refractivity contribution < 1.29 is 9.90 Å². The van der Waals surface area contributed by atoms with Crippen LogP contribution in [0.1, 0.15) is 28.3 Å². The van der Waals surface area contributed by atoms with Crippen LogP contribution in [0.2, 0.25) is 0 Å². The Bertz CT molecular complexity index is 392. The van der Waals surface area contributed by atoms with Crippen molar-refractivity contribution in [3.63, 3.8) is 0 Å². The number of aromatic carboxylic acids is 1. The maximum atomic E-state index is 10.9. The standard InChI is InChI=1S/C12H16N2O2/c13-11-4-5-14-7-10(11)8-2-1-3-9(6-8)12(15)16/h1-3,6,10-11,14H,4-5,7,13H2,(H,15,16). The molecule has 1 aliphatic heterocycles. The largest absolute Gasteiger partial charge is 0.478 e. The maximum absolute atomic E-state index is 10.9. The van der Waals surface area contributed by atoms with Gasteiger partial charge >= 0.3 is 5.97 Å². The first-order chi connectivity index (χ1) is 7.68. The zero-order valence-corrected chi connectivity index (χ0v) is 9.02. The summed E-state index contributed by atoms with van der Waals surface area (Å²) in [5.74, 6) is -0.674. The lowest BCUT2D eigenvalue weighted by molar-refractivity contribution is 0.0696. The number of carboxylic acid groups (broad SMARTS) is 1. The lowest BCUT2D eigenvalue weighted by atomic mass is 9.87. The predicted octanol–water partition coefficient (Wildman–Crippen LogP) is 0.789. The molecule has 0 aromatic heterocycles. The molecule has 86 valence electrons. The number of nitrogens with two attached hydrogens (primary N) is 1. The lowest BCUT2D eigenvalue weighted by Crippen LogP contribution is -2.43. The van der Waals surface area contributed by atoms with Gasteiger partial charge in [-0.15, -0.1) is 0 Å². The van der Waals surface area contributed by atoms with Gasteiger partial charge in [-0.3, -0.25) is 0 Å². The molecule has 0 spiro atoms. The highest BCUT2D eigenvalue weighted by molar-refractivity contribution is 5.87. The second kappa shape index (κ2) is 4.63. The molecule has 1 aliphatic rings. The highest BCUT2D eigenvalue weighted by atomic mass is 16.4. The SMILES string of the molecule is NC1CCNCC1c1cccc(C(=O)O)c1. The summed E-state index contributed by atoms with van der Waals surface area (Å²) in [7, 11) is 0. The predicted molar refractivity (Wildman–Crippen MR) is 61.6 cm³/mol. The Morgan fingerprint density at radius 2 is 2.31 bits per heavy atom. The number of rotatable bonds is 2. The van der Waals surface area contributed by atoms with E-state index in [4.69, 9.17) is 10.8 Å². The van der Waals surface area contributed by atoms with Crippen LogP contribution in [0.25, 0.3) is 0 Å². The van der Waals surface area contributed by atoms with E-state index in [1.54, 1.807) is 18.2 Å². The summed E-state index contributed by atoms with van der Waals surface area (Å²) >= 11 is 0. The maximum Gasteiger partial charge on any atom is 0.335 e. The Kier molecular flexibility index (Phi) is 3.22. The highest BCUT2D eigenvalue weighted by Gasteiger charge is 2.23. The number of carbonyl (C=O) groups is 1. The Morgan fingerprint density at radius 1 is 1.50 bits per heavy atom. The van der Waals surface area contributed by atoms with Crippen molar-refractivity contribution >= 4 is 5.97 Å². The number of benzene rings is 1. The molecule has 0 aliphatic carbocycles. The van der Waals surface area contributed by atoms with Crippen LogP contribution in [-0.4, -0.2) is 30.2 Å². The van der Waals surface area contributed by atoms with E-state index in [9.17, 15) is 4.79 Å². The van der Waals surface area contributed by atoms with E-state index in [0.29, 0.717) is 5.56 Å². The van der Waals surface area contributed by atoms with Crippen molar-refractivity contribution in [3.05, 3.63) is 35.4 Å². The molecular formula is C12H16N2O2. The van der Waals surface area contributed by atoms with E-state index < -0.39 is 5.97 Å². The lowest BCUT2D eigenvalue weighted by Gasteiger charge is -2.29. The van der Waals surface area contributed by atoms with Gasteiger partial charge in [0.15, 0.2) is 0 Å².